The predicted molar refractivity (Wildman–Crippen MR) is 59.7 cm³/mol. The van der Waals surface area contributed by atoms with Crippen LogP contribution in [0.3, 0.4) is 0 Å². The highest BCUT2D eigenvalue weighted by Gasteiger charge is 2.11. The van der Waals surface area contributed by atoms with Crippen LogP contribution in [0.25, 0.3) is 6.08 Å². The molecule has 78 valence electrons. The van der Waals surface area contributed by atoms with E-state index >= 15 is 0 Å². The molecular formula is C12H13NO2. The zero-order chi connectivity index (χ0) is 10.7. The van der Waals surface area contributed by atoms with Gasteiger partial charge in [0.05, 0.1) is 7.11 Å². The fourth-order valence-corrected chi connectivity index (χ4v) is 1.73. The fraction of sp³-hybridized carbons (Fsp3) is 0.250. The molecule has 0 aromatic heterocycles. The van der Waals surface area contributed by atoms with Crippen LogP contribution in [-0.2, 0) is 16.0 Å². The number of fused-ring (bicyclic) bond motifs is 1. The first-order chi connectivity index (χ1) is 7.31. The molecule has 15 heavy (non-hydrogen) atoms. The molecule has 1 aromatic carbocycles. The third-order valence-corrected chi connectivity index (χ3v) is 2.48. The number of benzene rings is 1. The van der Waals surface area contributed by atoms with Crippen LogP contribution in [0.1, 0.15) is 11.1 Å². The predicted octanol–water partition coefficient (Wildman–Crippen LogP) is 1.84. The third kappa shape index (κ3) is 2.01. The molecule has 0 aliphatic carbocycles. The summed E-state index contributed by atoms with van der Waals surface area (Å²) in [6, 6.07) is 6.09. The molecule has 0 spiro atoms. The summed E-state index contributed by atoms with van der Waals surface area (Å²) in [4.78, 5) is 11.0. The average Bonchev–Trinajstić information content (AvgIpc) is 2.74. The molecular weight excluding hydrogens is 190 g/mol. The van der Waals surface area contributed by atoms with Crippen molar-refractivity contribution in [3.8, 4) is 0 Å². The van der Waals surface area contributed by atoms with Gasteiger partial charge in [-0.3, -0.25) is 0 Å². The highest BCUT2D eigenvalue weighted by Crippen LogP contribution is 2.27. The van der Waals surface area contributed by atoms with Crippen LogP contribution in [0, 0.1) is 0 Å². The number of nitrogens with one attached hydrogen (secondary N) is 1. The van der Waals surface area contributed by atoms with Gasteiger partial charge < -0.3 is 10.1 Å². The first-order valence-electron chi connectivity index (χ1n) is 4.93. The van der Waals surface area contributed by atoms with Crippen molar-refractivity contribution >= 4 is 17.7 Å². The summed E-state index contributed by atoms with van der Waals surface area (Å²) >= 11 is 0. The van der Waals surface area contributed by atoms with Crippen LogP contribution < -0.4 is 5.32 Å². The number of carbonyl (C=O) groups excluding carboxylic acids is 1. The molecule has 1 aliphatic rings. The van der Waals surface area contributed by atoms with Crippen molar-refractivity contribution in [2.45, 2.75) is 6.42 Å². The number of ether oxygens (including phenoxy) is 1. The Morgan fingerprint density at radius 1 is 1.53 bits per heavy atom. The molecule has 0 saturated heterocycles. The van der Waals surface area contributed by atoms with E-state index < -0.39 is 0 Å². The van der Waals surface area contributed by atoms with Gasteiger partial charge in [-0.1, -0.05) is 18.2 Å². The van der Waals surface area contributed by atoms with E-state index in [1.54, 1.807) is 6.08 Å². The van der Waals surface area contributed by atoms with Gasteiger partial charge >= 0.3 is 5.97 Å². The molecule has 2 rings (SSSR count). The second kappa shape index (κ2) is 4.17. The summed E-state index contributed by atoms with van der Waals surface area (Å²) in [6.45, 7) is 0.971. The third-order valence-electron chi connectivity index (χ3n) is 2.48. The number of esters is 1. The molecule has 0 amide bonds. The Bertz CT molecular complexity index is 410. The minimum atomic E-state index is -0.328. The number of rotatable bonds is 2. The van der Waals surface area contributed by atoms with E-state index in [4.69, 9.17) is 0 Å². The summed E-state index contributed by atoms with van der Waals surface area (Å²) in [7, 11) is 1.38. The van der Waals surface area contributed by atoms with Gasteiger partial charge in [0.1, 0.15) is 0 Å². The topological polar surface area (TPSA) is 38.3 Å². The maximum atomic E-state index is 11.0. The van der Waals surface area contributed by atoms with Gasteiger partial charge in [-0.05, 0) is 23.6 Å². The van der Waals surface area contributed by atoms with E-state index in [2.05, 4.69) is 16.1 Å². The molecule has 1 aromatic rings. The van der Waals surface area contributed by atoms with Gasteiger partial charge in [0.2, 0.25) is 0 Å². The van der Waals surface area contributed by atoms with Gasteiger partial charge in [0.25, 0.3) is 0 Å². The van der Waals surface area contributed by atoms with Crippen LogP contribution in [-0.4, -0.2) is 19.6 Å². The lowest BCUT2D eigenvalue weighted by atomic mass is 10.1. The molecule has 1 aliphatic heterocycles. The molecule has 0 saturated carbocycles. The first-order valence-corrected chi connectivity index (χ1v) is 4.93. The van der Waals surface area contributed by atoms with Crippen molar-refractivity contribution in [2.24, 2.45) is 0 Å². The second-order valence-corrected chi connectivity index (χ2v) is 3.41. The number of para-hydroxylation sites is 1. The van der Waals surface area contributed by atoms with Crippen molar-refractivity contribution in [1.82, 2.24) is 0 Å². The lowest BCUT2D eigenvalue weighted by molar-refractivity contribution is -0.134. The summed E-state index contributed by atoms with van der Waals surface area (Å²) in [6.07, 6.45) is 4.27. The van der Waals surface area contributed by atoms with Gasteiger partial charge in [-0.2, -0.15) is 0 Å². The van der Waals surface area contributed by atoms with E-state index in [1.807, 2.05) is 12.1 Å². The van der Waals surface area contributed by atoms with Crippen molar-refractivity contribution < 1.29 is 9.53 Å². The summed E-state index contributed by atoms with van der Waals surface area (Å²) < 4.78 is 4.55. The SMILES string of the molecule is COC(=O)/C=C\c1cccc2c1NCC2. The van der Waals surface area contributed by atoms with Gasteiger partial charge in [-0.25, -0.2) is 4.79 Å². The minimum absolute atomic E-state index is 0.328. The molecule has 0 unspecified atom stereocenters. The number of carbonyl (C=O) groups is 1. The van der Waals surface area contributed by atoms with Crippen molar-refractivity contribution in [1.29, 1.82) is 0 Å². The number of hydrogen-bond acceptors (Lipinski definition) is 3. The summed E-state index contributed by atoms with van der Waals surface area (Å²) in [5.41, 5.74) is 3.48. The molecule has 1 N–H and O–H groups in total. The van der Waals surface area contributed by atoms with E-state index in [9.17, 15) is 4.79 Å². The molecule has 0 bridgehead atoms. The van der Waals surface area contributed by atoms with Crippen LogP contribution in [0.2, 0.25) is 0 Å². The Morgan fingerprint density at radius 3 is 3.20 bits per heavy atom. The molecule has 1 heterocycles. The quantitative estimate of drug-likeness (QED) is 0.588. The maximum Gasteiger partial charge on any atom is 0.330 e. The lowest BCUT2D eigenvalue weighted by Gasteiger charge is -2.03. The first kappa shape index (κ1) is 9.77. The summed E-state index contributed by atoms with van der Waals surface area (Å²) in [5.74, 6) is -0.328. The van der Waals surface area contributed by atoms with Gasteiger partial charge in [0.15, 0.2) is 0 Å². The zero-order valence-corrected chi connectivity index (χ0v) is 8.62. The van der Waals surface area contributed by atoms with E-state index in [-0.39, 0.29) is 5.97 Å². The van der Waals surface area contributed by atoms with Crippen molar-refractivity contribution in [3.63, 3.8) is 0 Å². The van der Waals surface area contributed by atoms with Gasteiger partial charge in [0, 0.05) is 18.3 Å². The van der Waals surface area contributed by atoms with Crippen LogP contribution in [0.15, 0.2) is 24.3 Å². The average molecular weight is 203 g/mol. The monoisotopic (exact) mass is 203 g/mol. The van der Waals surface area contributed by atoms with Crippen LogP contribution >= 0.6 is 0 Å². The minimum Gasteiger partial charge on any atom is -0.466 e. The standard InChI is InChI=1S/C12H13NO2/c1-15-11(14)6-5-9-3-2-4-10-7-8-13-12(9)10/h2-6,13H,7-8H2,1H3/b6-5-. The Morgan fingerprint density at radius 2 is 2.40 bits per heavy atom. The largest absolute Gasteiger partial charge is 0.466 e. The normalized spacial score (nSPS) is 13.7. The smallest absolute Gasteiger partial charge is 0.330 e. The Hall–Kier alpha value is -1.77. The molecule has 0 fully saturated rings. The van der Waals surface area contributed by atoms with Crippen molar-refractivity contribution in [3.05, 3.63) is 35.4 Å². The van der Waals surface area contributed by atoms with Crippen LogP contribution in [0.5, 0.6) is 0 Å². The Balaban J connectivity index is 2.26. The second-order valence-electron chi connectivity index (χ2n) is 3.41. The Kier molecular flexibility index (Phi) is 2.72. The highest BCUT2D eigenvalue weighted by atomic mass is 16.5. The van der Waals surface area contributed by atoms with Crippen LogP contribution in [0.4, 0.5) is 5.69 Å². The van der Waals surface area contributed by atoms with Gasteiger partial charge in [-0.15, -0.1) is 0 Å². The zero-order valence-electron chi connectivity index (χ0n) is 8.62. The number of hydrogen-bond donors (Lipinski definition) is 1. The fourth-order valence-electron chi connectivity index (χ4n) is 1.73. The van der Waals surface area contributed by atoms with E-state index in [1.165, 1.54) is 18.7 Å². The molecule has 3 nitrogen and oxygen atoms in total. The molecule has 3 heteroatoms. The summed E-state index contributed by atoms with van der Waals surface area (Å²) in [5, 5.41) is 3.31. The van der Waals surface area contributed by atoms with Crippen molar-refractivity contribution in [2.75, 3.05) is 19.0 Å². The molecule has 0 atom stereocenters. The highest BCUT2D eigenvalue weighted by molar-refractivity contribution is 5.88. The number of methoxy groups -OCH3 is 1. The van der Waals surface area contributed by atoms with E-state index in [0.29, 0.717) is 0 Å². The Labute approximate surface area is 88.8 Å². The molecule has 0 radical (unpaired) electrons. The lowest BCUT2D eigenvalue weighted by Crippen LogP contribution is -1.95. The number of anilines is 1. The maximum absolute atomic E-state index is 11.0. The van der Waals surface area contributed by atoms with E-state index in [0.717, 1.165) is 24.2 Å².